The third-order valence-corrected chi connectivity index (χ3v) is 5.73. The number of anilines is 3. The third-order valence-electron chi connectivity index (χ3n) is 5.12. The summed E-state index contributed by atoms with van der Waals surface area (Å²) in [4.78, 5) is 20.6. The summed E-state index contributed by atoms with van der Waals surface area (Å²) in [7, 11) is -3.49. The Hall–Kier alpha value is -3.40. The van der Waals surface area contributed by atoms with E-state index >= 15 is 0 Å². The van der Waals surface area contributed by atoms with E-state index in [2.05, 4.69) is 14.6 Å². The van der Waals surface area contributed by atoms with E-state index in [1.807, 2.05) is 4.90 Å². The number of hydrogen-bond acceptors (Lipinski definition) is 6. The molecule has 0 aliphatic carbocycles. The van der Waals surface area contributed by atoms with Crippen LogP contribution in [0.1, 0.15) is 10.4 Å². The van der Waals surface area contributed by atoms with Gasteiger partial charge in [0.2, 0.25) is 10.0 Å². The Labute approximate surface area is 179 Å². The van der Waals surface area contributed by atoms with Gasteiger partial charge in [-0.3, -0.25) is 4.72 Å². The maximum atomic E-state index is 13.2. The number of pyridine rings is 1. The number of carboxylic acids is 1. The Bertz CT molecular complexity index is 1240. The summed E-state index contributed by atoms with van der Waals surface area (Å²) >= 11 is 0. The molecule has 1 saturated heterocycles. The Kier molecular flexibility index (Phi) is 5.40. The molecule has 0 bridgehead atoms. The van der Waals surface area contributed by atoms with E-state index in [4.69, 9.17) is 0 Å². The molecule has 2 heterocycles. The molecule has 1 aromatic heterocycles. The molecule has 1 aliphatic rings. The Morgan fingerprint density at radius 3 is 2.29 bits per heavy atom. The number of halogens is 1. The van der Waals surface area contributed by atoms with Crippen LogP contribution in [0.15, 0.2) is 48.5 Å². The molecule has 4 rings (SSSR count). The molecule has 0 amide bonds. The first-order valence-electron chi connectivity index (χ1n) is 9.61. The zero-order valence-corrected chi connectivity index (χ0v) is 17.6. The predicted octanol–water partition coefficient (Wildman–Crippen LogP) is 2.77. The van der Waals surface area contributed by atoms with Gasteiger partial charge in [-0.15, -0.1) is 0 Å². The van der Waals surface area contributed by atoms with Gasteiger partial charge >= 0.3 is 5.97 Å². The molecule has 162 valence electrons. The minimum atomic E-state index is -3.49. The van der Waals surface area contributed by atoms with Crippen molar-refractivity contribution < 1.29 is 22.7 Å². The summed E-state index contributed by atoms with van der Waals surface area (Å²) in [6.07, 6.45) is 1.03. The van der Waals surface area contributed by atoms with Crippen LogP contribution in [0.5, 0.6) is 0 Å². The van der Waals surface area contributed by atoms with Crippen molar-refractivity contribution in [3.05, 3.63) is 59.9 Å². The lowest BCUT2D eigenvalue weighted by Crippen LogP contribution is -2.46. The zero-order valence-electron chi connectivity index (χ0n) is 16.7. The summed E-state index contributed by atoms with van der Waals surface area (Å²) in [5.41, 5.74) is 1.73. The predicted molar refractivity (Wildman–Crippen MR) is 118 cm³/mol. The summed E-state index contributed by atoms with van der Waals surface area (Å²) < 4.78 is 38.5. The second kappa shape index (κ2) is 8.03. The molecule has 0 saturated carbocycles. The van der Waals surface area contributed by atoms with Gasteiger partial charge in [0.1, 0.15) is 11.6 Å². The molecular weight excluding hydrogens is 423 g/mol. The molecule has 8 nitrogen and oxygen atoms in total. The Morgan fingerprint density at radius 2 is 1.68 bits per heavy atom. The zero-order chi connectivity index (χ0) is 22.2. The number of carbonyl (C=O) groups is 1. The number of aromatic nitrogens is 1. The first-order chi connectivity index (χ1) is 14.7. The SMILES string of the molecule is CS(=O)(=O)Nc1ccc2nc(N3CCN(c4ccc(F)cc4)CC3)cc(C(=O)O)c2c1. The molecule has 0 radical (unpaired) electrons. The van der Waals surface area contributed by atoms with Crippen molar-refractivity contribution in [3.63, 3.8) is 0 Å². The van der Waals surface area contributed by atoms with Crippen molar-refractivity contribution in [2.24, 2.45) is 0 Å². The highest BCUT2D eigenvalue weighted by Crippen LogP contribution is 2.27. The van der Waals surface area contributed by atoms with E-state index in [0.29, 0.717) is 42.9 Å². The highest BCUT2D eigenvalue weighted by molar-refractivity contribution is 7.92. The largest absolute Gasteiger partial charge is 0.478 e. The van der Waals surface area contributed by atoms with Crippen molar-refractivity contribution in [3.8, 4) is 0 Å². The number of hydrogen-bond donors (Lipinski definition) is 2. The number of sulfonamides is 1. The Balaban J connectivity index is 1.60. The molecule has 2 aromatic carbocycles. The molecule has 10 heteroatoms. The Morgan fingerprint density at radius 1 is 1.03 bits per heavy atom. The maximum Gasteiger partial charge on any atom is 0.336 e. The first kappa shape index (κ1) is 20.9. The standard InChI is InChI=1S/C21H21FN4O4S/c1-31(29,30)24-15-4-7-19-17(12-15)18(21(27)28)13-20(23-19)26-10-8-25(9-11-26)16-5-2-14(22)3-6-16/h2-7,12-13,24H,8-11H2,1H3,(H,27,28). The van der Waals surface area contributed by atoms with Crippen LogP contribution in [-0.4, -0.2) is 56.9 Å². The molecule has 31 heavy (non-hydrogen) atoms. The fourth-order valence-corrected chi connectivity index (χ4v) is 4.23. The highest BCUT2D eigenvalue weighted by Gasteiger charge is 2.21. The van der Waals surface area contributed by atoms with Crippen molar-refractivity contribution in [1.82, 2.24) is 4.98 Å². The van der Waals surface area contributed by atoms with Crippen molar-refractivity contribution in [2.45, 2.75) is 0 Å². The lowest BCUT2D eigenvalue weighted by Gasteiger charge is -2.37. The first-order valence-corrected chi connectivity index (χ1v) is 11.5. The molecule has 1 aliphatic heterocycles. The highest BCUT2D eigenvalue weighted by atomic mass is 32.2. The molecule has 3 aromatic rings. The summed E-state index contributed by atoms with van der Waals surface area (Å²) in [6, 6.07) is 12.5. The lowest BCUT2D eigenvalue weighted by atomic mass is 10.1. The number of aromatic carboxylic acids is 1. The number of fused-ring (bicyclic) bond motifs is 1. The van der Waals surface area contributed by atoms with E-state index in [9.17, 15) is 22.7 Å². The van der Waals surface area contributed by atoms with Crippen LogP contribution >= 0.6 is 0 Å². The minimum Gasteiger partial charge on any atom is -0.478 e. The average Bonchev–Trinajstić information content (AvgIpc) is 2.72. The molecule has 0 unspecified atom stereocenters. The van der Waals surface area contributed by atoms with Crippen molar-refractivity contribution in [2.75, 3.05) is 47.0 Å². The quantitative estimate of drug-likeness (QED) is 0.624. The van der Waals surface area contributed by atoms with E-state index < -0.39 is 16.0 Å². The van der Waals surface area contributed by atoms with Gasteiger partial charge in [-0.05, 0) is 48.5 Å². The number of carboxylic acid groups (broad SMARTS) is 1. The van der Waals surface area contributed by atoms with Gasteiger partial charge in [0.05, 0.1) is 17.3 Å². The summed E-state index contributed by atoms with van der Waals surface area (Å²) in [5.74, 6) is -0.846. The topological polar surface area (TPSA) is 103 Å². The molecular formula is C21H21FN4O4S. The van der Waals surface area contributed by atoms with Gasteiger partial charge < -0.3 is 14.9 Å². The lowest BCUT2D eigenvalue weighted by molar-refractivity contribution is 0.0699. The van der Waals surface area contributed by atoms with E-state index in [-0.39, 0.29) is 17.1 Å². The fourth-order valence-electron chi connectivity index (χ4n) is 3.67. The van der Waals surface area contributed by atoms with Crippen molar-refractivity contribution in [1.29, 1.82) is 0 Å². The number of piperazine rings is 1. The van der Waals surface area contributed by atoms with Crippen LogP contribution in [0.4, 0.5) is 21.6 Å². The van der Waals surface area contributed by atoms with Crippen LogP contribution in [0, 0.1) is 5.82 Å². The van der Waals surface area contributed by atoms with Crippen LogP contribution in [0.3, 0.4) is 0 Å². The summed E-state index contributed by atoms with van der Waals surface area (Å²) in [5, 5.41) is 10.1. The van der Waals surface area contributed by atoms with Crippen LogP contribution < -0.4 is 14.5 Å². The van der Waals surface area contributed by atoms with Gasteiger partial charge in [0.15, 0.2) is 0 Å². The van der Waals surface area contributed by atoms with E-state index in [0.717, 1.165) is 11.9 Å². The molecule has 0 spiro atoms. The number of nitrogens with zero attached hydrogens (tertiary/aromatic N) is 3. The van der Waals surface area contributed by atoms with E-state index in [1.54, 1.807) is 24.3 Å². The molecule has 2 N–H and O–H groups in total. The smallest absolute Gasteiger partial charge is 0.336 e. The fraction of sp³-hybridized carbons (Fsp3) is 0.238. The maximum absolute atomic E-state index is 13.2. The second-order valence-corrected chi connectivity index (χ2v) is 9.14. The van der Waals surface area contributed by atoms with Gasteiger partial charge in [0.25, 0.3) is 0 Å². The number of rotatable bonds is 5. The normalized spacial score (nSPS) is 14.6. The molecule has 1 fully saturated rings. The van der Waals surface area contributed by atoms with Gasteiger partial charge in [-0.2, -0.15) is 0 Å². The van der Waals surface area contributed by atoms with Crippen molar-refractivity contribution >= 4 is 44.1 Å². The number of nitrogens with one attached hydrogen (secondary N) is 1. The molecule has 0 atom stereocenters. The third kappa shape index (κ3) is 4.69. The monoisotopic (exact) mass is 444 g/mol. The van der Waals surface area contributed by atoms with Gasteiger partial charge in [-0.1, -0.05) is 0 Å². The van der Waals surface area contributed by atoms with E-state index in [1.165, 1.54) is 24.3 Å². The second-order valence-electron chi connectivity index (χ2n) is 7.39. The number of benzene rings is 2. The van der Waals surface area contributed by atoms with Crippen LogP contribution in [0.2, 0.25) is 0 Å². The van der Waals surface area contributed by atoms with Gasteiger partial charge in [0, 0.05) is 42.9 Å². The summed E-state index contributed by atoms with van der Waals surface area (Å²) in [6.45, 7) is 2.63. The minimum absolute atomic E-state index is 0.0538. The average molecular weight is 444 g/mol. The van der Waals surface area contributed by atoms with Crippen LogP contribution in [-0.2, 0) is 10.0 Å². The van der Waals surface area contributed by atoms with Gasteiger partial charge in [-0.25, -0.2) is 22.6 Å². The van der Waals surface area contributed by atoms with Crippen LogP contribution in [0.25, 0.3) is 10.9 Å².